The molecule has 2 aliphatic rings. The summed E-state index contributed by atoms with van der Waals surface area (Å²) in [5.74, 6) is -0.238. The fourth-order valence-corrected chi connectivity index (χ4v) is 4.40. The zero-order valence-electron chi connectivity index (χ0n) is 18.6. The van der Waals surface area contributed by atoms with Gasteiger partial charge in [0.2, 0.25) is 0 Å². The molecule has 4 rings (SSSR count). The molecule has 2 aromatic rings. The number of nitrogens with two attached hydrogens (primary N) is 2. The van der Waals surface area contributed by atoms with Gasteiger partial charge in [-0.05, 0) is 53.5 Å². The predicted octanol–water partition coefficient (Wildman–Crippen LogP) is 4.39. The van der Waals surface area contributed by atoms with Gasteiger partial charge in [0.1, 0.15) is 5.82 Å². The van der Waals surface area contributed by atoms with Crippen LogP contribution in [0.2, 0.25) is 5.02 Å². The molecule has 1 saturated heterocycles. The number of hydrogen-bond donors (Lipinski definition) is 2. The maximum atomic E-state index is 15.1. The predicted molar refractivity (Wildman–Crippen MR) is 131 cm³/mol. The summed E-state index contributed by atoms with van der Waals surface area (Å²) in [6.45, 7) is 3.13. The second kappa shape index (κ2) is 10.3. The normalized spacial score (nSPS) is 18.9. The summed E-state index contributed by atoms with van der Waals surface area (Å²) >= 11 is 6.35. The number of halogens is 2. The third kappa shape index (κ3) is 5.31. The van der Waals surface area contributed by atoms with E-state index in [2.05, 4.69) is 28.1 Å². The summed E-state index contributed by atoms with van der Waals surface area (Å²) in [6, 6.07) is 9.39. The van der Waals surface area contributed by atoms with Gasteiger partial charge in [-0.25, -0.2) is 4.39 Å². The minimum Gasteiger partial charge on any atom is -0.483 e. The molecule has 0 saturated carbocycles. The van der Waals surface area contributed by atoms with E-state index >= 15 is 4.39 Å². The molecular formula is C25H28ClFN4O2. The molecule has 0 radical (unpaired) electrons. The van der Waals surface area contributed by atoms with Crippen molar-refractivity contribution in [1.82, 2.24) is 0 Å². The van der Waals surface area contributed by atoms with Crippen LogP contribution in [-0.4, -0.2) is 39.6 Å². The molecule has 0 spiro atoms. The van der Waals surface area contributed by atoms with Crippen molar-refractivity contribution < 1.29 is 13.9 Å². The highest BCUT2D eigenvalue weighted by Gasteiger charge is 2.25. The van der Waals surface area contributed by atoms with Crippen LogP contribution in [0.15, 0.2) is 59.1 Å². The van der Waals surface area contributed by atoms with Gasteiger partial charge in [0.15, 0.2) is 5.88 Å². The SMILES string of the molecule is CO/C(N)=C/C=C(\N)Cc1cc(C2CC=Nc3cc(N4CCOCC4)ccc32)c(F)cc1Cl. The van der Waals surface area contributed by atoms with Gasteiger partial charge in [-0.2, -0.15) is 0 Å². The molecular weight excluding hydrogens is 443 g/mol. The Morgan fingerprint density at radius 2 is 2.00 bits per heavy atom. The molecule has 174 valence electrons. The lowest BCUT2D eigenvalue weighted by atomic mass is 9.84. The van der Waals surface area contributed by atoms with Gasteiger partial charge in [0, 0.05) is 48.0 Å². The minimum atomic E-state index is -0.335. The number of benzene rings is 2. The van der Waals surface area contributed by atoms with Crippen LogP contribution in [-0.2, 0) is 15.9 Å². The van der Waals surface area contributed by atoms with E-state index < -0.39 is 0 Å². The summed E-state index contributed by atoms with van der Waals surface area (Å²) in [5.41, 5.74) is 16.6. The minimum absolute atomic E-state index is 0.151. The Morgan fingerprint density at radius 1 is 1.21 bits per heavy atom. The zero-order chi connectivity index (χ0) is 23.4. The topological polar surface area (TPSA) is 86.1 Å². The van der Waals surface area contributed by atoms with Gasteiger partial charge in [0.05, 0.1) is 26.0 Å². The standard InChI is InChI=1S/C25H28ClFN4O2/c1-32-25(29)5-2-17(28)12-16-13-21(23(27)15-22(16)26)19-6-7-30-24-14-18(3-4-20(19)24)31-8-10-33-11-9-31/h2-5,7,13-15,19H,6,8-12,28-29H2,1H3/b17-2-,25-5+. The van der Waals surface area contributed by atoms with Crippen LogP contribution in [0, 0.1) is 5.82 Å². The van der Waals surface area contributed by atoms with Crippen molar-refractivity contribution in [2.45, 2.75) is 18.8 Å². The quantitative estimate of drug-likeness (QED) is 0.483. The molecule has 0 aromatic heterocycles. The van der Waals surface area contributed by atoms with Crippen LogP contribution >= 0.6 is 11.6 Å². The van der Waals surface area contributed by atoms with Crippen LogP contribution < -0.4 is 16.4 Å². The van der Waals surface area contributed by atoms with Crippen molar-refractivity contribution in [2.24, 2.45) is 16.5 Å². The average Bonchev–Trinajstić information content (AvgIpc) is 2.84. The molecule has 0 amide bonds. The first-order chi connectivity index (χ1) is 16.0. The Hall–Kier alpha value is -3.03. The summed E-state index contributed by atoms with van der Waals surface area (Å²) < 4.78 is 25.4. The molecule has 2 heterocycles. The fraction of sp³-hybridized carbons (Fsp3) is 0.320. The van der Waals surface area contributed by atoms with E-state index in [1.807, 2.05) is 12.3 Å². The van der Waals surface area contributed by atoms with Crippen LogP contribution in [0.1, 0.15) is 29.0 Å². The maximum absolute atomic E-state index is 15.1. The number of aliphatic imine (C=N–C) groups is 1. The highest BCUT2D eigenvalue weighted by Crippen LogP contribution is 2.41. The molecule has 4 N–H and O–H groups in total. The third-order valence-electron chi connectivity index (χ3n) is 5.97. The van der Waals surface area contributed by atoms with E-state index in [9.17, 15) is 0 Å². The van der Waals surface area contributed by atoms with Crippen molar-refractivity contribution in [2.75, 3.05) is 38.3 Å². The van der Waals surface area contributed by atoms with Gasteiger partial charge in [-0.1, -0.05) is 23.7 Å². The van der Waals surface area contributed by atoms with Gasteiger partial charge in [-0.15, -0.1) is 0 Å². The summed E-state index contributed by atoms with van der Waals surface area (Å²) in [4.78, 5) is 6.88. The number of rotatable bonds is 6. The van der Waals surface area contributed by atoms with E-state index in [1.165, 1.54) is 13.2 Å². The smallest absolute Gasteiger partial charge is 0.183 e. The molecule has 2 aromatic carbocycles. The first-order valence-electron chi connectivity index (χ1n) is 10.9. The molecule has 2 aliphatic heterocycles. The number of fused-ring (bicyclic) bond motifs is 1. The lowest BCUT2D eigenvalue weighted by Crippen LogP contribution is -2.36. The Bertz CT molecular complexity index is 1110. The lowest BCUT2D eigenvalue weighted by molar-refractivity contribution is 0.122. The summed E-state index contributed by atoms with van der Waals surface area (Å²) in [5, 5.41) is 0.337. The molecule has 33 heavy (non-hydrogen) atoms. The number of methoxy groups -OCH3 is 1. The van der Waals surface area contributed by atoms with E-state index in [1.54, 1.807) is 12.2 Å². The largest absolute Gasteiger partial charge is 0.483 e. The fourth-order valence-electron chi connectivity index (χ4n) is 4.19. The highest BCUT2D eigenvalue weighted by atomic mass is 35.5. The lowest BCUT2D eigenvalue weighted by Gasteiger charge is -2.30. The van der Waals surface area contributed by atoms with Crippen LogP contribution in [0.4, 0.5) is 15.8 Å². The first kappa shape index (κ1) is 23.1. The number of morpholine rings is 1. The monoisotopic (exact) mass is 470 g/mol. The Balaban J connectivity index is 1.63. The Morgan fingerprint density at radius 3 is 2.76 bits per heavy atom. The van der Waals surface area contributed by atoms with Gasteiger partial charge >= 0.3 is 0 Å². The number of allylic oxidation sites excluding steroid dienone is 3. The number of hydrogen-bond acceptors (Lipinski definition) is 6. The van der Waals surface area contributed by atoms with E-state index in [4.69, 9.17) is 32.5 Å². The van der Waals surface area contributed by atoms with Crippen molar-refractivity contribution >= 4 is 29.2 Å². The average molecular weight is 471 g/mol. The summed E-state index contributed by atoms with van der Waals surface area (Å²) in [6.07, 6.45) is 6.07. The molecule has 8 heteroatoms. The second-order valence-corrected chi connectivity index (χ2v) is 8.51. The molecule has 6 nitrogen and oxygen atoms in total. The zero-order valence-corrected chi connectivity index (χ0v) is 19.3. The number of nitrogens with zero attached hydrogens (tertiary/aromatic N) is 2. The number of ether oxygens (including phenoxy) is 2. The molecule has 0 aliphatic carbocycles. The third-order valence-corrected chi connectivity index (χ3v) is 6.32. The van der Waals surface area contributed by atoms with Crippen molar-refractivity contribution in [3.63, 3.8) is 0 Å². The van der Waals surface area contributed by atoms with Crippen molar-refractivity contribution in [3.8, 4) is 0 Å². The maximum Gasteiger partial charge on any atom is 0.183 e. The van der Waals surface area contributed by atoms with Gasteiger partial charge < -0.3 is 25.8 Å². The van der Waals surface area contributed by atoms with Crippen LogP contribution in [0.3, 0.4) is 0 Å². The Labute approximate surface area is 198 Å². The molecule has 1 atom stereocenters. The second-order valence-electron chi connectivity index (χ2n) is 8.10. The van der Waals surface area contributed by atoms with Gasteiger partial charge in [-0.3, -0.25) is 4.99 Å². The van der Waals surface area contributed by atoms with E-state index in [0.717, 1.165) is 35.6 Å². The first-order valence-corrected chi connectivity index (χ1v) is 11.3. The van der Waals surface area contributed by atoms with E-state index in [0.29, 0.717) is 42.3 Å². The molecule has 0 bridgehead atoms. The number of anilines is 1. The van der Waals surface area contributed by atoms with Crippen LogP contribution in [0.25, 0.3) is 0 Å². The van der Waals surface area contributed by atoms with Crippen molar-refractivity contribution in [3.05, 3.63) is 81.6 Å². The van der Waals surface area contributed by atoms with Gasteiger partial charge in [0.25, 0.3) is 0 Å². The van der Waals surface area contributed by atoms with Crippen molar-refractivity contribution in [1.29, 1.82) is 0 Å². The highest BCUT2D eigenvalue weighted by molar-refractivity contribution is 6.31. The summed E-state index contributed by atoms with van der Waals surface area (Å²) in [7, 11) is 1.48. The Kier molecular flexibility index (Phi) is 7.20. The molecule has 1 fully saturated rings. The molecule has 1 unspecified atom stereocenters. The van der Waals surface area contributed by atoms with Crippen LogP contribution in [0.5, 0.6) is 0 Å². The van der Waals surface area contributed by atoms with E-state index in [-0.39, 0.29) is 17.6 Å².